The minimum Gasteiger partial charge on any atom is -0.375 e. The van der Waals surface area contributed by atoms with E-state index in [9.17, 15) is 8.42 Å². The second-order valence-electron chi connectivity index (χ2n) is 4.68. The van der Waals surface area contributed by atoms with Crippen molar-refractivity contribution in [2.45, 2.75) is 45.5 Å². The van der Waals surface area contributed by atoms with Crippen molar-refractivity contribution in [1.29, 1.82) is 0 Å². The molecule has 2 N–H and O–H groups in total. The monoisotopic (exact) mass is 266 g/mol. The second-order valence-corrected chi connectivity index (χ2v) is 6.86. The molecular formula is C11H26N2O3S. The van der Waals surface area contributed by atoms with Gasteiger partial charge in [0.15, 0.2) is 0 Å². The zero-order valence-electron chi connectivity index (χ0n) is 11.5. The van der Waals surface area contributed by atoms with Gasteiger partial charge in [-0.1, -0.05) is 6.92 Å². The molecule has 0 aliphatic carbocycles. The molecule has 1 atom stereocenters. The van der Waals surface area contributed by atoms with Crippen LogP contribution in [0.1, 0.15) is 34.6 Å². The third-order valence-corrected chi connectivity index (χ3v) is 4.22. The summed E-state index contributed by atoms with van der Waals surface area (Å²) in [5.74, 6) is 0. The van der Waals surface area contributed by atoms with Crippen LogP contribution < -0.4 is 10.0 Å². The molecule has 0 rings (SSSR count). The van der Waals surface area contributed by atoms with Crippen molar-refractivity contribution in [2.75, 3.05) is 26.2 Å². The van der Waals surface area contributed by atoms with Gasteiger partial charge in [-0.25, -0.2) is 13.1 Å². The van der Waals surface area contributed by atoms with Crippen molar-refractivity contribution in [2.24, 2.45) is 0 Å². The van der Waals surface area contributed by atoms with Gasteiger partial charge in [0.1, 0.15) is 0 Å². The summed E-state index contributed by atoms with van der Waals surface area (Å²) in [7, 11) is -3.28. The maximum Gasteiger partial charge on any atom is 0.215 e. The van der Waals surface area contributed by atoms with E-state index in [2.05, 4.69) is 10.0 Å². The molecule has 1 unspecified atom stereocenters. The molecule has 0 saturated heterocycles. The summed E-state index contributed by atoms with van der Waals surface area (Å²) in [5.41, 5.74) is -0.472. The lowest BCUT2D eigenvalue weighted by molar-refractivity contribution is -0.00518. The number of hydrogen-bond donors (Lipinski definition) is 2. The molecule has 5 nitrogen and oxygen atoms in total. The first-order valence-electron chi connectivity index (χ1n) is 6.08. The van der Waals surface area contributed by atoms with Crippen molar-refractivity contribution in [3.05, 3.63) is 0 Å². The summed E-state index contributed by atoms with van der Waals surface area (Å²) in [6, 6.07) is 0. The summed E-state index contributed by atoms with van der Waals surface area (Å²) in [4.78, 5) is 0. The number of rotatable bonds is 9. The zero-order valence-corrected chi connectivity index (χ0v) is 12.4. The van der Waals surface area contributed by atoms with E-state index >= 15 is 0 Å². The Morgan fingerprint density at radius 1 is 1.29 bits per heavy atom. The molecule has 0 aromatic carbocycles. The van der Waals surface area contributed by atoms with Crippen LogP contribution in [0.4, 0.5) is 0 Å². The molecule has 17 heavy (non-hydrogen) atoms. The highest BCUT2D eigenvalue weighted by Crippen LogP contribution is 2.08. The summed E-state index contributed by atoms with van der Waals surface area (Å²) in [6.45, 7) is 11.4. The Balaban J connectivity index is 4.26. The average molecular weight is 266 g/mol. The highest BCUT2D eigenvalue weighted by Gasteiger charge is 2.25. The van der Waals surface area contributed by atoms with Gasteiger partial charge in [0.2, 0.25) is 10.0 Å². The maximum atomic E-state index is 11.9. The van der Waals surface area contributed by atoms with Crippen molar-refractivity contribution in [3.63, 3.8) is 0 Å². The standard InChI is InChI=1S/C11H26N2O3S/c1-6-12-8-10(3)17(14,15)13-9-11(4,5)16-7-2/h10,12-13H,6-9H2,1-5H3. The van der Waals surface area contributed by atoms with Crippen LogP contribution in [-0.4, -0.2) is 45.5 Å². The number of sulfonamides is 1. The largest absolute Gasteiger partial charge is 0.375 e. The normalized spacial score (nSPS) is 14.9. The molecule has 6 heteroatoms. The molecule has 0 bridgehead atoms. The van der Waals surface area contributed by atoms with Gasteiger partial charge in [0, 0.05) is 19.7 Å². The molecule has 0 radical (unpaired) electrons. The van der Waals surface area contributed by atoms with Gasteiger partial charge in [-0.05, 0) is 34.2 Å². The minimum absolute atomic E-state index is 0.291. The van der Waals surface area contributed by atoms with Gasteiger partial charge in [-0.3, -0.25) is 0 Å². The van der Waals surface area contributed by atoms with Crippen molar-refractivity contribution < 1.29 is 13.2 Å². The van der Waals surface area contributed by atoms with E-state index in [0.29, 0.717) is 19.7 Å². The van der Waals surface area contributed by atoms with Crippen LogP contribution in [0.3, 0.4) is 0 Å². The van der Waals surface area contributed by atoms with Crippen LogP contribution in [0.25, 0.3) is 0 Å². The van der Waals surface area contributed by atoms with Crippen molar-refractivity contribution in [3.8, 4) is 0 Å². The first-order chi connectivity index (χ1) is 7.75. The van der Waals surface area contributed by atoms with Crippen LogP contribution in [0, 0.1) is 0 Å². The van der Waals surface area contributed by atoms with Crippen molar-refractivity contribution in [1.82, 2.24) is 10.0 Å². The number of nitrogens with one attached hydrogen (secondary N) is 2. The lowest BCUT2D eigenvalue weighted by atomic mass is 10.1. The first kappa shape index (κ1) is 16.8. The molecule has 0 heterocycles. The van der Waals surface area contributed by atoms with E-state index in [0.717, 1.165) is 6.54 Å². The van der Waals surface area contributed by atoms with E-state index < -0.39 is 20.9 Å². The fourth-order valence-electron chi connectivity index (χ4n) is 1.32. The molecule has 0 fully saturated rings. The lowest BCUT2D eigenvalue weighted by Gasteiger charge is -2.25. The van der Waals surface area contributed by atoms with Crippen molar-refractivity contribution >= 4 is 10.0 Å². The van der Waals surface area contributed by atoms with Gasteiger partial charge in [0.25, 0.3) is 0 Å². The minimum atomic E-state index is -3.28. The van der Waals surface area contributed by atoms with Crippen LogP contribution in [0.2, 0.25) is 0 Å². The molecule has 0 aromatic heterocycles. The van der Waals surface area contributed by atoms with E-state index in [-0.39, 0.29) is 0 Å². The van der Waals surface area contributed by atoms with Gasteiger partial charge in [-0.2, -0.15) is 0 Å². The van der Waals surface area contributed by atoms with Gasteiger partial charge < -0.3 is 10.1 Å². The molecule has 0 aliphatic heterocycles. The predicted molar refractivity (Wildman–Crippen MR) is 70.6 cm³/mol. The first-order valence-corrected chi connectivity index (χ1v) is 7.63. The number of ether oxygens (including phenoxy) is 1. The highest BCUT2D eigenvalue weighted by molar-refractivity contribution is 7.90. The Kier molecular flexibility index (Phi) is 7.23. The Labute approximate surface area is 105 Å². The predicted octanol–water partition coefficient (Wildman–Crippen LogP) is 0.719. The Morgan fingerprint density at radius 2 is 1.88 bits per heavy atom. The van der Waals surface area contributed by atoms with Gasteiger partial charge >= 0.3 is 0 Å². The molecule has 0 amide bonds. The average Bonchev–Trinajstić information content (AvgIpc) is 2.23. The molecule has 104 valence electrons. The number of hydrogen-bond acceptors (Lipinski definition) is 4. The zero-order chi connectivity index (χ0) is 13.5. The Bertz CT molecular complexity index is 302. The van der Waals surface area contributed by atoms with Gasteiger partial charge in [0.05, 0.1) is 10.9 Å². The molecule has 0 aromatic rings. The molecule has 0 saturated carbocycles. The molecule has 0 spiro atoms. The SMILES string of the molecule is CCNCC(C)S(=O)(=O)NCC(C)(C)OCC. The maximum absolute atomic E-state index is 11.9. The summed E-state index contributed by atoms with van der Waals surface area (Å²) >= 11 is 0. The van der Waals surface area contributed by atoms with E-state index in [1.165, 1.54) is 0 Å². The molecule has 0 aliphatic rings. The second kappa shape index (κ2) is 7.31. The third-order valence-electron chi connectivity index (χ3n) is 2.45. The summed E-state index contributed by atoms with van der Waals surface area (Å²) in [6.07, 6.45) is 0. The van der Waals surface area contributed by atoms with E-state index in [1.54, 1.807) is 6.92 Å². The van der Waals surface area contributed by atoms with E-state index in [4.69, 9.17) is 4.74 Å². The Hall–Kier alpha value is -0.170. The summed E-state index contributed by atoms with van der Waals surface area (Å²) in [5, 5.41) is 2.58. The lowest BCUT2D eigenvalue weighted by Crippen LogP contribution is -2.45. The fourth-order valence-corrected chi connectivity index (χ4v) is 2.49. The van der Waals surface area contributed by atoms with Gasteiger partial charge in [-0.15, -0.1) is 0 Å². The quantitative estimate of drug-likeness (QED) is 0.645. The topological polar surface area (TPSA) is 67.4 Å². The molecular weight excluding hydrogens is 240 g/mol. The Morgan fingerprint density at radius 3 is 2.35 bits per heavy atom. The fraction of sp³-hybridized carbons (Fsp3) is 1.00. The van der Waals surface area contributed by atoms with Crippen LogP contribution in [0.15, 0.2) is 0 Å². The summed E-state index contributed by atoms with van der Waals surface area (Å²) < 4.78 is 31.8. The third kappa shape index (κ3) is 6.98. The van der Waals surface area contributed by atoms with Crippen LogP contribution in [-0.2, 0) is 14.8 Å². The van der Waals surface area contributed by atoms with E-state index in [1.807, 2.05) is 27.7 Å². The van der Waals surface area contributed by atoms with Crippen LogP contribution >= 0.6 is 0 Å². The van der Waals surface area contributed by atoms with Crippen LogP contribution in [0.5, 0.6) is 0 Å². The highest BCUT2D eigenvalue weighted by atomic mass is 32.2. The smallest absolute Gasteiger partial charge is 0.215 e.